The van der Waals surface area contributed by atoms with Gasteiger partial charge in [-0.2, -0.15) is 4.31 Å². The monoisotopic (exact) mass is 449 g/mol. The van der Waals surface area contributed by atoms with Crippen LogP contribution in [0.15, 0.2) is 24.3 Å². The predicted octanol–water partition coefficient (Wildman–Crippen LogP) is 2.59. The Labute approximate surface area is 186 Å². The van der Waals surface area contributed by atoms with E-state index in [1.807, 2.05) is 31.2 Å². The molecule has 8 heteroatoms. The maximum Gasteiger partial charge on any atom is 0.247 e. The van der Waals surface area contributed by atoms with Gasteiger partial charge < -0.3 is 10.2 Å². The lowest BCUT2D eigenvalue weighted by Crippen LogP contribution is -2.69. The van der Waals surface area contributed by atoms with Gasteiger partial charge in [-0.25, -0.2) is 8.42 Å². The molecule has 1 N–H and O–H groups in total. The molecule has 1 saturated heterocycles. The van der Waals surface area contributed by atoms with E-state index in [1.54, 1.807) is 11.8 Å². The maximum atomic E-state index is 13.5. The standard InChI is InChI=1S/C23H35N3O4S/c1-18-11-13-19(14-12-18)15-26-21(27)16-25(31(3,29)30)17-23(26,2)22(28)24-20-9-7-5-4-6-8-10-20/h11-14,20H,4-10,15-17H2,1-3H3,(H,24,28)/t23-/m1/s1. The number of hydrogen-bond acceptors (Lipinski definition) is 4. The van der Waals surface area contributed by atoms with E-state index in [-0.39, 0.29) is 37.5 Å². The highest BCUT2D eigenvalue weighted by atomic mass is 32.2. The number of carbonyl (C=O) groups excluding carboxylic acids is 2. The molecule has 0 bridgehead atoms. The first-order valence-corrected chi connectivity index (χ1v) is 13.1. The molecule has 2 amide bonds. The van der Waals surface area contributed by atoms with E-state index in [0.29, 0.717) is 0 Å². The first kappa shape index (κ1) is 23.7. The minimum atomic E-state index is -3.60. The summed E-state index contributed by atoms with van der Waals surface area (Å²) in [6.07, 6.45) is 8.65. The molecule has 2 fully saturated rings. The predicted molar refractivity (Wildman–Crippen MR) is 121 cm³/mol. The molecule has 2 aliphatic rings. The van der Waals surface area contributed by atoms with Gasteiger partial charge in [-0.3, -0.25) is 9.59 Å². The molecule has 7 nitrogen and oxygen atoms in total. The van der Waals surface area contributed by atoms with Gasteiger partial charge in [-0.1, -0.05) is 61.9 Å². The molecule has 172 valence electrons. The zero-order chi connectivity index (χ0) is 22.6. The van der Waals surface area contributed by atoms with Crippen molar-refractivity contribution < 1.29 is 18.0 Å². The van der Waals surface area contributed by atoms with Crippen LogP contribution in [0.5, 0.6) is 0 Å². The fourth-order valence-corrected chi connectivity index (χ4v) is 5.34. The second kappa shape index (κ2) is 9.69. The number of carbonyl (C=O) groups is 2. The molecule has 1 aromatic carbocycles. The summed E-state index contributed by atoms with van der Waals surface area (Å²) in [5, 5.41) is 3.16. The number of nitrogens with zero attached hydrogens (tertiary/aromatic N) is 2. The highest BCUT2D eigenvalue weighted by Crippen LogP contribution is 2.28. The topological polar surface area (TPSA) is 86.8 Å². The first-order chi connectivity index (χ1) is 14.6. The zero-order valence-corrected chi connectivity index (χ0v) is 19.7. The molecule has 1 atom stereocenters. The summed E-state index contributed by atoms with van der Waals surface area (Å²) in [6, 6.07) is 7.89. The van der Waals surface area contributed by atoms with E-state index in [0.717, 1.165) is 47.4 Å². The van der Waals surface area contributed by atoms with Gasteiger partial charge in [-0.15, -0.1) is 0 Å². The van der Waals surface area contributed by atoms with Crippen molar-refractivity contribution in [1.29, 1.82) is 0 Å². The Hall–Kier alpha value is -1.93. The molecular weight excluding hydrogens is 414 g/mol. The third-order valence-electron chi connectivity index (χ3n) is 6.55. The van der Waals surface area contributed by atoms with Gasteiger partial charge in [0.25, 0.3) is 0 Å². The summed E-state index contributed by atoms with van der Waals surface area (Å²) in [6.45, 7) is 3.67. The second-order valence-electron chi connectivity index (χ2n) is 9.29. The van der Waals surface area contributed by atoms with Crippen molar-refractivity contribution in [2.45, 2.75) is 76.9 Å². The minimum absolute atomic E-state index is 0.0397. The van der Waals surface area contributed by atoms with E-state index in [9.17, 15) is 18.0 Å². The number of rotatable bonds is 5. The van der Waals surface area contributed by atoms with E-state index in [1.165, 1.54) is 19.3 Å². The normalized spacial score (nSPS) is 24.5. The van der Waals surface area contributed by atoms with Crippen molar-refractivity contribution in [1.82, 2.24) is 14.5 Å². The molecule has 1 saturated carbocycles. The van der Waals surface area contributed by atoms with Gasteiger partial charge >= 0.3 is 0 Å². The van der Waals surface area contributed by atoms with Gasteiger partial charge in [0.05, 0.1) is 12.8 Å². The summed E-state index contributed by atoms with van der Waals surface area (Å²) >= 11 is 0. The van der Waals surface area contributed by atoms with Crippen LogP contribution in [0.2, 0.25) is 0 Å². The Morgan fingerprint density at radius 2 is 1.68 bits per heavy atom. The molecule has 0 radical (unpaired) electrons. The molecule has 0 aromatic heterocycles. The van der Waals surface area contributed by atoms with Crippen molar-refractivity contribution in [3.05, 3.63) is 35.4 Å². The van der Waals surface area contributed by atoms with E-state index >= 15 is 0 Å². The minimum Gasteiger partial charge on any atom is -0.351 e. The highest BCUT2D eigenvalue weighted by Gasteiger charge is 2.49. The lowest BCUT2D eigenvalue weighted by Gasteiger charge is -2.47. The van der Waals surface area contributed by atoms with Gasteiger partial charge in [0.1, 0.15) is 5.54 Å². The quantitative estimate of drug-likeness (QED) is 0.749. The number of amides is 2. The SMILES string of the molecule is Cc1ccc(CN2C(=O)CN(S(C)(=O)=O)C[C@]2(C)C(=O)NC2CCCCCCC2)cc1. The van der Waals surface area contributed by atoms with Gasteiger partial charge in [-0.05, 0) is 32.3 Å². The van der Waals surface area contributed by atoms with Crippen LogP contribution in [0.25, 0.3) is 0 Å². The van der Waals surface area contributed by atoms with Crippen molar-refractivity contribution in [3.8, 4) is 0 Å². The molecule has 1 aliphatic carbocycles. The Balaban J connectivity index is 1.86. The van der Waals surface area contributed by atoms with Crippen molar-refractivity contribution in [2.75, 3.05) is 19.3 Å². The molecule has 1 aromatic rings. The van der Waals surface area contributed by atoms with Crippen LogP contribution in [0.3, 0.4) is 0 Å². The van der Waals surface area contributed by atoms with Crippen molar-refractivity contribution in [2.24, 2.45) is 0 Å². The van der Waals surface area contributed by atoms with Crippen LogP contribution < -0.4 is 5.32 Å². The molecular formula is C23H35N3O4S. The smallest absolute Gasteiger partial charge is 0.247 e. The third kappa shape index (κ3) is 5.86. The lowest BCUT2D eigenvalue weighted by atomic mass is 9.92. The fourth-order valence-electron chi connectivity index (χ4n) is 4.51. The summed E-state index contributed by atoms with van der Waals surface area (Å²) in [7, 11) is -3.60. The average Bonchev–Trinajstić information content (AvgIpc) is 2.67. The van der Waals surface area contributed by atoms with Crippen LogP contribution >= 0.6 is 0 Å². The van der Waals surface area contributed by atoms with Crippen LogP contribution in [0.4, 0.5) is 0 Å². The van der Waals surface area contributed by atoms with Crippen LogP contribution in [0, 0.1) is 6.92 Å². The summed E-state index contributed by atoms with van der Waals surface area (Å²) in [4.78, 5) is 28.2. The van der Waals surface area contributed by atoms with Crippen LogP contribution in [0.1, 0.15) is 63.0 Å². The Bertz CT molecular complexity index is 892. The Morgan fingerprint density at radius 3 is 2.26 bits per heavy atom. The number of hydrogen-bond donors (Lipinski definition) is 1. The summed E-state index contributed by atoms with van der Waals surface area (Å²) < 4.78 is 25.6. The van der Waals surface area contributed by atoms with Crippen molar-refractivity contribution in [3.63, 3.8) is 0 Å². The van der Waals surface area contributed by atoms with Gasteiger partial charge in [0.2, 0.25) is 21.8 Å². The summed E-state index contributed by atoms with van der Waals surface area (Å²) in [5.41, 5.74) is 0.754. The van der Waals surface area contributed by atoms with Crippen LogP contribution in [-0.2, 0) is 26.2 Å². The highest BCUT2D eigenvalue weighted by molar-refractivity contribution is 7.88. The molecule has 1 aliphatic heterocycles. The summed E-state index contributed by atoms with van der Waals surface area (Å²) in [5.74, 6) is -0.626. The molecule has 0 unspecified atom stereocenters. The van der Waals surface area contributed by atoms with Crippen LogP contribution in [-0.4, -0.2) is 60.4 Å². The maximum absolute atomic E-state index is 13.5. The largest absolute Gasteiger partial charge is 0.351 e. The second-order valence-corrected chi connectivity index (χ2v) is 11.3. The molecule has 3 rings (SSSR count). The van der Waals surface area contributed by atoms with E-state index in [4.69, 9.17) is 0 Å². The molecule has 1 heterocycles. The number of aryl methyl sites for hydroxylation is 1. The Morgan fingerprint density at radius 1 is 1.10 bits per heavy atom. The average molecular weight is 450 g/mol. The fraction of sp³-hybridized carbons (Fsp3) is 0.652. The zero-order valence-electron chi connectivity index (χ0n) is 18.9. The van der Waals surface area contributed by atoms with E-state index < -0.39 is 15.6 Å². The van der Waals surface area contributed by atoms with E-state index in [2.05, 4.69) is 5.32 Å². The van der Waals surface area contributed by atoms with Gasteiger partial charge in [0.15, 0.2) is 0 Å². The number of benzene rings is 1. The van der Waals surface area contributed by atoms with Crippen molar-refractivity contribution >= 4 is 21.8 Å². The number of piperazine rings is 1. The Kier molecular flexibility index (Phi) is 7.42. The number of nitrogens with one attached hydrogen (secondary N) is 1. The number of sulfonamides is 1. The van der Waals surface area contributed by atoms with Gasteiger partial charge in [0, 0.05) is 19.1 Å². The molecule has 0 spiro atoms. The third-order valence-corrected chi connectivity index (χ3v) is 7.75. The first-order valence-electron chi connectivity index (χ1n) is 11.2. The lowest BCUT2D eigenvalue weighted by molar-refractivity contribution is -0.154. The molecule has 31 heavy (non-hydrogen) atoms.